The quantitative estimate of drug-likeness (QED) is 0.532. The molecule has 2 heterocycles. The van der Waals surface area contributed by atoms with Crippen LogP contribution in [0.3, 0.4) is 0 Å². The van der Waals surface area contributed by atoms with Gasteiger partial charge in [-0.05, 0) is 24.3 Å². The number of nitrogens with one attached hydrogen (secondary N) is 1. The second kappa shape index (κ2) is 9.54. The number of carbonyl (C=O) groups is 2. The molecule has 0 unspecified atom stereocenters. The van der Waals surface area contributed by atoms with Crippen molar-refractivity contribution in [2.75, 3.05) is 51.8 Å². The summed E-state index contributed by atoms with van der Waals surface area (Å²) in [4.78, 5) is 34.9. The smallest absolute Gasteiger partial charge is 0.272 e. The van der Waals surface area contributed by atoms with Crippen molar-refractivity contribution < 1.29 is 19.1 Å². The highest BCUT2D eigenvalue weighted by atomic mass is 16.5. The maximum atomic E-state index is 12.6. The van der Waals surface area contributed by atoms with Gasteiger partial charge in [-0.25, -0.2) is 9.97 Å². The molecule has 0 aliphatic carbocycles. The van der Waals surface area contributed by atoms with Gasteiger partial charge in [0.15, 0.2) is 0 Å². The van der Waals surface area contributed by atoms with E-state index >= 15 is 0 Å². The van der Waals surface area contributed by atoms with Crippen LogP contribution in [0.2, 0.25) is 0 Å². The molecule has 1 aromatic carbocycles. The largest absolute Gasteiger partial charge is 0.497 e. The highest BCUT2D eigenvalue weighted by molar-refractivity contribution is 5.93. The number of piperazine rings is 1. The van der Waals surface area contributed by atoms with E-state index in [1.165, 1.54) is 6.33 Å². The monoisotopic (exact) mass is 385 g/mol. The predicted molar refractivity (Wildman–Crippen MR) is 103 cm³/mol. The van der Waals surface area contributed by atoms with Crippen LogP contribution in [0.15, 0.2) is 36.7 Å². The van der Waals surface area contributed by atoms with E-state index in [0.717, 1.165) is 17.9 Å². The molecule has 0 bridgehead atoms. The molecule has 148 valence electrons. The number of hydrogen-bond acceptors (Lipinski definition) is 7. The first-order chi connectivity index (χ1) is 13.7. The summed E-state index contributed by atoms with van der Waals surface area (Å²) in [5.74, 6) is 1.92. The summed E-state index contributed by atoms with van der Waals surface area (Å²) in [6.45, 7) is 3.03. The molecule has 9 nitrogen and oxygen atoms in total. The summed E-state index contributed by atoms with van der Waals surface area (Å²) in [6.07, 6.45) is 2.17. The number of nitrogens with zero attached hydrogens (tertiary/aromatic N) is 4. The Labute approximate surface area is 163 Å². The lowest BCUT2D eigenvalue weighted by molar-refractivity contribution is -0.119. The van der Waals surface area contributed by atoms with Gasteiger partial charge in [-0.2, -0.15) is 0 Å². The van der Waals surface area contributed by atoms with Gasteiger partial charge in [0.05, 0.1) is 13.7 Å². The number of carbonyl (C=O) groups excluding carboxylic acids is 2. The third kappa shape index (κ3) is 5.09. The summed E-state index contributed by atoms with van der Waals surface area (Å²) in [7, 11) is 1.62. The fourth-order valence-electron chi connectivity index (χ4n) is 2.78. The van der Waals surface area contributed by atoms with Crippen molar-refractivity contribution in [2.24, 2.45) is 0 Å². The molecule has 0 spiro atoms. The lowest BCUT2D eigenvalue weighted by Crippen LogP contribution is -2.48. The summed E-state index contributed by atoms with van der Waals surface area (Å²) in [5.41, 5.74) is 0.327. The maximum Gasteiger partial charge on any atom is 0.272 e. The van der Waals surface area contributed by atoms with Gasteiger partial charge in [0, 0.05) is 32.2 Å². The Morgan fingerprint density at radius 3 is 2.54 bits per heavy atom. The molecule has 0 radical (unpaired) electrons. The summed E-state index contributed by atoms with van der Waals surface area (Å²) < 4.78 is 10.8. The molecule has 3 rings (SSSR count). The number of hydrogen-bond donors (Lipinski definition) is 1. The van der Waals surface area contributed by atoms with Crippen molar-refractivity contribution in [1.82, 2.24) is 19.8 Å². The second-order valence-corrected chi connectivity index (χ2v) is 6.17. The molecular weight excluding hydrogens is 362 g/mol. The molecule has 1 aromatic heterocycles. The Balaban J connectivity index is 1.47. The molecule has 1 fully saturated rings. The lowest BCUT2D eigenvalue weighted by atomic mass is 10.2. The highest BCUT2D eigenvalue weighted by Crippen LogP contribution is 2.17. The van der Waals surface area contributed by atoms with Crippen LogP contribution in [0.1, 0.15) is 10.5 Å². The van der Waals surface area contributed by atoms with Crippen molar-refractivity contribution >= 4 is 18.1 Å². The van der Waals surface area contributed by atoms with E-state index in [4.69, 9.17) is 9.47 Å². The van der Waals surface area contributed by atoms with Crippen molar-refractivity contribution in [1.29, 1.82) is 0 Å². The maximum absolute atomic E-state index is 12.6. The zero-order valence-corrected chi connectivity index (χ0v) is 15.7. The van der Waals surface area contributed by atoms with Crippen LogP contribution in [-0.4, -0.2) is 78.5 Å². The van der Waals surface area contributed by atoms with E-state index < -0.39 is 0 Å². The van der Waals surface area contributed by atoms with Gasteiger partial charge in [0.1, 0.15) is 35.9 Å². The number of amides is 2. The fourth-order valence-corrected chi connectivity index (χ4v) is 2.78. The van der Waals surface area contributed by atoms with E-state index in [-0.39, 0.29) is 5.91 Å². The van der Waals surface area contributed by atoms with Gasteiger partial charge >= 0.3 is 0 Å². The van der Waals surface area contributed by atoms with E-state index in [2.05, 4.69) is 15.3 Å². The van der Waals surface area contributed by atoms with Crippen molar-refractivity contribution in [3.05, 3.63) is 42.4 Å². The van der Waals surface area contributed by atoms with Crippen LogP contribution in [0.4, 0.5) is 5.82 Å². The van der Waals surface area contributed by atoms with Crippen LogP contribution in [-0.2, 0) is 4.79 Å². The fraction of sp³-hybridized carbons (Fsp3) is 0.368. The molecule has 2 aromatic rings. The van der Waals surface area contributed by atoms with Crippen molar-refractivity contribution in [3.8, 4) is 11.5 Å². The van der Waals surface area contributed by atoms with Gasteiger partial charge in [-0.3, -0.25) is 9.59 Å². The topological polar surface area (TPSA) is 96.9 Å². The Hall–Kier alpha value is -3.36. The first kappa shape index (κ1) is 19.4. The number of ether oxygens (including phenoxy) is 2. The van der Waals surface area contributed by atoms with Crippen molar-refractivity contribution in [2.45, 2.75) is 0 Å². The van der Waals surface area contributed by atoms with E-state index in [1.807, 2.05) is 24.3 Å². The molecule has 2 amide bonds. The molecule has 1 saturated heterocycles. The minimum absolute atomic E-state index is 0.162. The van der Waals surface area contributed by atoms with Crippen LogP contribution >= 0.6 is 0 Å². The zero-order chi connectivity index (χ0) is 19.8. The Morgan fingerprint density at radius 2 is 1.86 bits per heavy atom. The van der Waals surface area contributed by atoms with Gasteiger partial charge in [-0.1, -0.05) is 0 Å². The summed E-state index contributed by atoms with van der Waals surface area (Å²) >= 11 is 0. The zero-order valence-electron chi connectivity index (χ0n) is 15.7. The third-order valence-corrected chi connectivity index (χ3v) is 4.37. The SMILES string of the molecule is COc1ccc(OCCNc2cc(C(=O)N3CCN(C=O)CC3)ncn2)cc1. The Morgan fingerprint density at radius 1 is 1.14 bits per heavy atom. The van der Waals surface area contributed by atoms with Crippen LogP contribution in [0.5, 0.6) is 11.5 Å². The Bertz CT molecular complexity index is 791. The average Bonchev–Trinajstić information content (AvgIpc) is 2.77. The summed E-state index contributed by atoms with van der Waals surface area (Å²) in [5, 5.41) is 3.13. The minimum atomic E-state index is -0.162. The second-order valence-electron chi connectivity index (χ2n) is 6.17. The minimum Gasteiger partial charge on any atom is -0.497 e. The predicted octanol–water partition coefficient (Wildman–Crippen LogP) is 0.890. The third-order valence-electron chi connectivity index (χ3n) is 4.37. The number of benzene rings is 1. The highest BCUT2D eigenvalue weighted by Gasteiger charge is 2.22. The molecule has 0 atom stereocenters. The number of anilines is 1. The van der Waals surface area contributed by atoms with Gasteiger partial charge in [0.25, 0.3) is 5.91 Å². The summed E-state index contributed by atoms with van der Waals surface area (Å²) in [6, 6.07) is 8.97. The van der Waals surface area contributed by atoms with Crippen molar-refractivity contribution in [3.63, 3.8) is 0 Å². The molecule has 9 heteroatoms. The number of rotatable bonds is 8. The number of aromatic nitrogens is 2. The molecule has 1 aliphatic heterocycles. The average molecular weight is 385 g/mol. The number of methoxy groups -OCH3 is 1. The first-order valence-corrected chi connectivity index (χ1v) is 9.01. The molecule has 1 N–H and O–H groups in total. The Kier molecular flexibility index (Phi) is 6.61. The normalized spacial score (nSPS) is 13.8. The molecule has 0 saturated carbocycles. The lowest BCUT2D eigenvalue weighted by Gasteiger charge is -2.32. The van der Waals surface area contributed by atoms with E-state index in [1.54, 1.807) is 23.0 Å². The first-order valence-electron chi connectivity index (χ1n) is 9.01. The standard InChI is InChI=1S/C19H23N5O4/c1-27-15-2-4-16(5-3-15)28-11-6-20-18-12-17(21-13-22-18)19(26)24-9-7-23(14-25)8-10-24/h2-5,12-14H,6-11H2,1H3,(H,20,21,22). The van der Waals surface area contributed by atoms with Crippen LogP contribution < -0.4 is 14.8 Å². The molecular formula is C19H23N5O4. The molecule has 1 aliphatic rings. The van der Waals surface area contributed by atoms with Gasteiger partial charge in [-0.15, -0.1) is 0 Å². The molecule has 28 heavy (non-hydrogen) atoms. The van der Waals surface area contributed by atoms with Gasteiger partial charge in [0.2, 0.25) is 6.41 Å². The van der Waals surface area contributed by atoms with E-state index in [9.17, 15) is 9.59 Å². The van der Waals surface area contributed by atoms with E-state index in [0.29, 0.717) is 50.8 Å². The van der Waals surface area contributed by atoms with Crippen LogP contribution in [0.25, 0.3) is 0 Å². The van der Waals surface area contributed by atoms with Crippen LogP contribution in [0, 0.1) is 0 Å². The van der Waals surface area contributed by atoms with Gasteiger partial charge < -0.3 is 24.6 Å².